The number of ether oxygens (including phenoxy) is 1. The molecule has 1 aliphatic heterocycles. The molecule has 172 valence electrons. The van der Waals surface area contributed by atoms with Crippen LogP contribution in [0.1, 0.15) is 23.2 Å². The molecular formula is C23H23N3O6S. The van der Waals surface area contributed by atoms with Gasteiger partial charge in [-0.15, -0.1) is 0 Å². The van der Waals surface area contributed by atoms with Gasteiger partial charge in [0, 0.05) is 24.8 Å². The number of anilines is 1. The summed E-state index contributed by atoms with van der Waals surface area (Å²) in [5.74, 6) is -0.925. The van der Waals surface area contributed by atoms with Gasteiger partial charge in [-0.1, -0.05) is 0 Å². The van der Waals surface area contributed by atoms with E-state index in [9.17, 15) is 22.8 Å². The van der Waals surface area contributed by atoms with Crippen LogP contribution in [0.5, 0.6) is 0 Å². The number of aromatic nitrogens is 1. The lowest BCUT2D eigenvalue weighted by Crippen LogP contribution is -2.28. The van der Waals surface area contributed by atoms with Gasteiger partial charge in [0.05, 0.1) is 23.1 Å². The first-order valence-electron chi connectivity index (χ1n) is 10.4. The second-order valence-corrected chi connectivity index (χ2v) is 9.64. The monoisotopic (exact) mass is 469 g/mol. The fourth-order valence-electron chi connectivity index (χ4n) is 3.83. The average Bonchev–Trinajstić information content (AvgIpc) is 3.36. The van der Waals surface area contributed by atoms with Crippen molar-refractivity contribution in [2.45, 2.75) is 24.3 Å². The highest BCUT2D eigenvalue weighted by molar-refractivity contribution is 7.89. The summed E-state index contributed by atoms with van der Waals surface area (Å²) in [6.45, 7) is 0.744. The molecule has 3 aromatic rings. The van der Waals surface area contributed by atoms with Crippen LogP contribution >= 0.6 is 0 Å². The number of fused-ring (bicyclic) bond motifs is 1. The molecule has 1 saturated heterocycles. The van der Waals surface area contributed by atoms with E-state index in [2.05, 4.69) is 10.1 Å². The Morgan fingerprint density at radius 2 is 1.70 bits per heavy atom. The van der Waals surface area contributed by atoms with Crippen LogP contribution in [0, 0.1) is 0 Å². The lowest BCUT2D eigenvalue weighted by Gasteiger charge is -2.16. The van der Waals surface area contributed by atoms with Gasteiger partial charge >= 0.3 is 5.97 Å². The fourth-order valence-corrected chi connectivity index (χ4v) is 5.39. The number of benzene rings is 2. The number of methoxy groups -OCH3 is 1. The SMILES string of the molecule is COC(=O)c1ccc(NC(=O)Cn2c(=O)ccc3cc(S(=O)(=O)N4CCCC4)ccc32)cc1. The molecule has 0 aliphatic carbocycles. The fraction of sp³-hybridized carbons (Fsp3) is 0.261. The number of pyridine rings is 1. The summed E-state index contributed by atoms with van der Waals surface area (Å²) in [5, 5.41) is 3.23. The zero-order valence-corrected chi connectivity index (χ0v) is 18.8. The van der Waals surface area contributed by atoms with Gasteiger partial charge in [-0.05, 0) is 66.8 Å². The van der Waals surface area contributed by atoms with Crippen molar-refractivity contribution in [1.82, 2.24) is 8.87 Å². The maximum atomic E-state index is 12.9. The summed E-state index contributed by atoms with van der Waals surface area (Å²) in [4.78, 5) is 36.7. The molecule has 4 rings (SSSR count). The van der Waals surface area contributed by atoms with E-state index in [1.54, 1.807) is 24.3 Å². The Morgan fingerprint density at radius 1 is 1.00 bits per heavy atom. The Kier molecular flexibility index (Phi) is 6.30. The minimum absolute atomic E-state index is 0.164. The number of rotatable bonds is 6. The first-order chi connectivity index (χ1) is 15.8. The van der Waals surface area contributed by atoms with E-state index in [1.165, 1.54) is 46.3 Å². The van der Waals surface area contributed by atoms with Crippen LogP contribution in [0.25, 0.3) is 10.9 Å². The third-order valence-electron chi connectivity index (χ3n) is 5.56. The van der Waals surface area contributed by atoms with E-state index in [1.807, 2.05) is 0 Å². The van der Waals surface area contributed by atoms with E-state index in [-0.39, 0.29) is 17.0 Å². The third kappa shape index (κ3) is 4.67. The maximum Gasteiger partial charge on any atom is 0.337 e. The normalized spacial score (nSPS) is 14.3. The van der Waals surface area contributed by atoms with E-state index < -0.39 is 21.9 Å². The lowest BCUT2D eigenvalue weighted by atomic mass is 10.2. The van der Waals surface area contributed by atoms with Gasteiger partial charge in [0.15, 0.2) is 0 Å². The topological polar surface area (TPSA) is 115 Å². The van der Waals surface area contributed by atoms with E-state index in [4.69, 9.17) is 0 Å². The molecule has 0 radical (unpaired) electrons. The molecule has 0 spiro atoms. The summed E-state index contributed by atoms with van der Waals surface area (Å²) in [6.07, 6.45) is 1.68. The number of hydrogen-bond acceptors (Lipinski definition) is 6. The smallest absolute Gasteiger partial charge is 0.337 e. The predicted molar refractivity (Wildman–Crippen MR) is 123 cm³/mol. The highest BCUT2D eigenvalue weighted by Crippen LogP contribution is 2.24. The molecule has 9 nitrogen and oxygen atoms in total. The minimum atomic E-state index is -3.59. The number of nitrogens with zero attached hydrogens (tertiary/aromatic N) is 2. The van der Waals surface area contributed by atoms with E-state index >= 15 is 0 Å². The van der Waals surface area contributed by atoms with Gasteiger partial charge in [-0.3, -0.25) is 14.2 Å². The van der Waals surface area contributed by atoms with Gasteiger partial charge in [0.25, 0.3) is 5.56 Å². The van der Waals surface area contributed by atoms with Crippen molar-refractivity contribution >= 4 is 38.5 Å². The van der Waals surface area contributed by atoms with Gasteiger partial charge in [0.1, 0.15) is 6.54 Å². The van der Waals surface area contributed by atoms with Crippen molar-refractivity contribution in [2.24, 2.45) is 0 Å². The zero-order chi connectivity index (χ0) is 23.6. The van der Waals surface area contributed by atoms with Gasteiger partial charge in [-0.2, -0.15) is 4.31 Å². The average molecular weight is 470 g/mol. The molecule has 1 aliphatic rings. The third-order valence-corrected chi connectivity index (χ3v) is 7.45. The van der Waals surface area contributed by atoms with Gasteiger partial charge in [-0.25, -0.2) is 13.2 Å². The highest BCUT2D eigenvalue weighted by atomic mass is 32.2. The maximum absolute atomic E-state index is 12.9. The number of carbonyl (C=O) groups is 2. The molecule has 33 heavy (non-hydrogen) atoms. The first kappa shape index (κ1) is 22.7. The molecule has 1 fully saturated rings. The van der Waals surface area contributed by atoms with Crippen LogP contribution in [0.3, 0.4) is 0 Å². The Bertz CT molecular complexity index is 1370. The molecule has 2 aromatic carbocycles. The summed E-state index contributed by atoms with van der Waals surface area (Å²) in [5.41, 5.74) is 0.883. The Balaban J connectivity index is 1.57. The second kappa shape index (κ2) is 9.16. The van der Waals surface area contributed by atoms with Gasteiger partial charge in [0.2, 0.25) is 15.9 Å². The molecule has 1 aromatic heterocycles. The Hall–Kier alpha value is -3.50. The van der Waals surface area contributed by atoms with Crippen molar-refractivity contribution < 1.29 is 22.7 Å². The first-order valence-corrected chi connectivity index (χ1v) is 11.9. The largest absolute Gasteiger partial charge is 0.465 e. The molecule has 2 heterocycles. The summed E-state index contributed by atoms with van der Waals surface area (Å²) in [7, 11) is -2.31. The van der Waals surface area contributed by atoms with Crippen LogP contribution < -0.4 is 10.9 Å². The molecule has 0 bridgehead atoms. The van der Waals surface area contributed by atoms with Crippen LogP contribution in [0.2, 0.25) is 0 Å². The summed E-state index contributed by atoms with van der Waals surface area (Å²) < 4.78 is 33.1. The van der Waals surface area contributed by atoms with Crippen molar-refractivity contribution in [3.63, 3.8) is 0 Å². The zero-order valence-electron chi connectivity index (χ0n) is 18.0. The summed E-state index contributed by atoms with van der Waals surface area (Å²) >= 11 is 0. The van der Waals surface area contributed by atoms with Crippen molar-refractivity contribution in [2.75, 3.05) is 25.5 Å². The van der Waals surface area contributed by atoms with Crippen LogP contribution in [-0.4, -0.2) is 49.4 Å². The molecule has 1 amide bonds. The highest BCUT2D eigenvalue weighted by Gasteiger charge is 2.27. The number of nitrogens with one attached hydrogen (secondary N) is 1. The number of esters is 1. The van der Waals surface area contributed by atoms with E-state index in [0.29, 0.717) is 35.2 Å². The van der Waals surface area contributed by atoms with Gasteiger partial charge < -0.3 is 10.1 Å². The lowest BCUT2D eigenvalue weighted by molar-refractivity contribution is -0.116. The number of carbonyl (C=O) groups excluding carboxylic acids is 2. The van der Waals surface area contributed by atoms with E-state index in [0.717, 1.165) is 12.8 Å². The van der Waals surface area contributed by atoms with Crippen LogP contribution in [-0.2, 0) is 26.1 Å². The number of amides is 1. The predicted octanol–water partition coefficient (Wildman–Crippen LogP) is 2.21. The molecule has 10 heteroatoms. The van der Waals surface area contributed by atoms with Crippen molar-refractivity contribution in [3.8, 4) is 0 Å². The minimum Gasteiger partial charge on any atom is -0.465 e. The molecule has 0 saturated carbocycles. The molecule has 1 N–H and O–H groups in total. The quantitative estimate of drug-likeness (QED) is 0.554. The van der Waals surface area contributed by atoms with Crippen LogP contribution in [0.15, 0.2) is 64.3 Å². The molecule has 0 unspecified atom stereocenters. The van der Waals surface area contributed by atoms with Crippen molar-refractivity contribution in [1.29, 1.82) is 0 Å². The standard InChI is InChI=1S/C23H23N3O6S/c1-32-23(29)16-4-7-18(8-5-16)24-21(27)15-26-20-10-9-19(14-17(20)6-11-22(26)28)33(30,31)25-12-2-3-13-25/h4-11,14H,2-3,12-13,15H2,1H3,(H,24,27). The van der Waals surface area contributed by atoms with Crippen LogP contribution in [0.4, 0.5) is 5.69 Å². The number of hydrogen-bond donors (Lipinski definition) is 1. The second-order valence-electron chi connectivity index (χ2n) is 7.71. The summed E-state index contributed by atoms with van der Waals surface area (Å²) in [6, 6.07) is 13.6. The molecular weight excluding hydrogens is 446 g/mol. The van der Waals surface area contributed by atoms with Crippen molar-refractivity contribution in [3.05, 3.63) is 70.5 Å². The molecule has 0 atom stereocenters. The number of sulfonamides is 1. The Morgan fingerprint density at radius 3 is 2.36 bits per heavy atom. The Labute approximate surface area is 190 Å².